The second-order valence-corrected chi connectivity index (χ2v) is 6.49. The highest BCUT2D eigenvalue weighted by Crippen LogP contribution is 2.21. The predicted molar refractivity (Wildman–Crippen MR) is 88.0 cm³/mol. The third-order valence-corrected chi connectivity index (χ3v) is 4.50. The number of thioether (sulfide) groups is 1. The van der Waals surface area contributed by atoms with Gasteiger partial charge in [-0.2, -0.15) is 0 Å². The van der Waals surface area contributed by atoms with Crippen molar-refractivity contribution in [2.24, 2.45) is 0 Å². The average molecular weight is 309 g/mol. The van der Waals surface area contributed by atoms with Gasteiger partial charge in [0.2, 0.25) is 5.91 Å². The van der Waals surface area contributed by atoms with Crippen molar-refractivity contribution in [3.8, 4) is 0 Å². The lowest BCUT2D eigenvalue weighted by molar-refractivity contribution is -0.138. The van der Waals surface area contributed by atoms with E-state index in [1.807, 2.05) is 6.92 Å². The number of benzene rings is 1. The molecule has 0 aromatic heterocycles. The number of carbonyl (C=O) groups excluding carboxylic acids is 1. The Morgan fingerprint density at radius 1 is 1.33 bits per heavy atom. The van der Waals surface area contributed by atoms with Gasteiger partial charge in [-0.15, -0.1) is 11.8 Å². The number of carbonyl (C=O) groups is 2. The van der Waals surface area contributed by atoms with E-state index in [0.717, 1.165) is 18.6 Å². The summed E-state index contributed by atoms with van der Waals surface area (Å²) in [5.41, 5.74) is 1.33. The molecule has 0 spiro atoms. The number of rotatable bonds is 8. The molecule has 2 N–H and O–H groups in total. The fourth-order valence-electron chi connectivity index (χ4n) is 1.75. The van der Waals surface area contributed by atoms with Gasteiger partial charge in [0.05, 0.1) is 11.2 Å². The molecule has 5 heteroatoms. The summed E-state index contributed by atoms with van der Waals surface area (Å²) in [7, 11) is 0. The third-order valence-electron chi connectivity index (χ3n) is 3.26. The predicted octanol–water partition coefficient (Wildman–Crippen LogP) is 3.74. The molecule has 1 aromatic carbocycles. The van der Waals surface area contributed by atoms with Crippen LogP contribution in [0.2, 0.25) is 0 Å². The second-order valence-electron chi connectivity index (χ2n) is 5.04. The van der Waals surface area contributed by atoms with Crippen LogP contribution >= 0.6 is 11.8 Å². The summed E-state index contributed by atoms with van der Waals surface area (Å²) < 4.78 is 0. The molecule has 0 saturated heterocycles. The molecule has 116 valence electrons. The Kier molecular flexibility index (Phi) is 7.29. The molecule has 0 aliphatic rings. The molecule has 1 aromatic rings. The van der Waals surface area contributed by atoms with Crippen LogP contribution in [0.3, 0.4) is 0 Å². The summed E-state index contributed by atoms with van der Waals surface area (Å²) in [5.74, 6) is -0.530. The van der Waals surface area contributed by atoms with Crippen molar-refractivity contribution in [3.05, 3.63) is 29.8 Å². The number of hydrogen-bond acceptors (Lipinski definition) is 3. The fraction of sp³-hybridized carbons (Fsp3) is 0.500. The third kappa shape index (κ3) is 5.79. The number of anilines is 1. The molecular formula is C16H23NO3S. The standard InChI is InChI=1S/C16H23NO3S/c1-4-5-9-21-12(3)15(18)17-14-8-6-7-13(10-14)11(2)16(19)20/h6-8,10-12H,4-5,9H2,1-3H3,(H,17,18)(H,19,20). The molecule has 0 saturated carbocycles. The molecule has 0 aliphatic heterocycles. The Balaban J connectivity index is 2.64. The lowest BCUT2D eigenvalue weighted by Crippen LogP contribution is -2.23. The average Bonchev–Trinajstić information content (AvgIpc) is 2.46. The Hall–Kier alpha value is -1.49. The van der Waals surface area contributed by atoms with E-state index in [-0.39, 0.29) is 11.2 Å². The minimum absolute atomic E-state index is 0.0452. The first-order valence-electron chi connectivity index (χ1n) is 7.21. The Morgan fingerprint density at radius 3 is 2.67 bits per heavy atom. The summed E-state index contributed by atoms with van der Waals surface area (Å²) in [6.45, 7) is 5.65. The zero-order chi connectivity index (χ0) is 15.8. The molecule has 1 rings (SSSR count). The summed E-state index contributed by atoms with van der Waals surface area (Å²) in [6.07, 6.45) is 2.23. The second kappa shape index (κ2) is 8.72. The number of amides is 1. The number of aliphatic carboxylic acids is 1. The maximum Gasteiger partial charge on any atom is 0.310 e. The zero-order valence-electron chi connectivity index (χ0n) is 12.8. The molecule has 21 heavy (non-hydrogen) atoms. The molecular weight excluding hydrogens is 286 g/mol. The lowest BCUT2D eigenvalue weighted by Gasteiger charge is -2.13. The van der Waals surface area contributed by atoms with Crippen molar-refractivity contribution < 1.29 is 14.7 Å². The van der Waals surface area contributed by atoms with Gasteiger partial charge >= 0.3 is 5.97 Å². The van der Waals surface area contributed by atoms with Gasteiger partial charge in [-0.3, -0.25) is 9.59 Å². The molecule has 0 fully saturated rings. The summed E-state index contributed by atoms with van der Waals surface area (Å²) in [5, 5.41) is 11.8. The smallest absolute Gasteiger partial charge is 0.310 e. The van der Waals surface area contributed by atoms with Gasteiger partial charge in [0.15, 0.2) is 0 Å². The number of nitrogens with one attached hydrogen (secondary N) is 1. The van der Waals surface area contributed by atoms with E-state index in [4.69, 9.17) is 5.11 Å². The lowest BCUT2D eigenvalue weighted by atomic mass is 10.0. The maximum atomic E-state index is 12.1. The molecule has 0 bridgehead atoms. The summed E-state index contributed by atoms with van der Waals surface area (Å²) in [6, 6.07) is 7.02. The highest BCUT2D eigenvalue weighted by atomic mass is 32.2. The van der Waals surface area contributed by atoms with Gasteiger partial charge in [0, 0.05) is 5.69 Å². The van der Waals surface area contributed by atoms with Gasteiger partial charge in [-0.1, -0.05) is 25.5 Å². The van der Waals surface area contributed by atoms with Crippen LogP contribution in [-0.4, -0.2) is 28.0 Å². The van der Waals surface area contributed by atoms with Crippen molar-refractivity contribution in [2.75, 3.05) is 11.1 Å². The molecule has 1 amide bonds. The SMILES string of the molecule is CCCCSC(C)C(=O)Nc1cccc(C(C)C(=O)O)c1. The van der Waals surface area contributed by atoms with Gasteiger partial charge in [-0.25, -0.2) is 0 Å². The zero-order valence-corrected chi connectivity index (χ0v) is 13.6. The summed E-state index contributed by atoms with van der Waals surface area (Å²) in [4.78, 5) is 23.1. The van der Waals surface area contributed by atoms with Gasteiger partial charge in [0.1, 0.15) is 0 Å². The fourth-order valence-corrected chi connectivity index (χ4v) is 2.77. The Morgan fingerprint density at radius 2 is 2.05 bits per heavy atom. The highest BCUT2D eigenvalue weighted by Gasteiger charge is 2.16. The van der Waals surface area contributed by atoms with Crippen molar-refractivity contribution in [1.29, 1.82) is 0 Å². The summed E-state index contributed by atoms with van der Waals surface area (Å²) >= 11 is 1.64. The van der Waals surface area contributed by atoms with E-state index in [2.05, 4.69) is 12.2 Å². The van der Waals surface area contributed by atoms with Crippen molar-refractivity contribution in [3.63, 3.8) is 0 Å². The monoisotopic (exact) mass is 309 g/mol. The van der Waals surface area contributed by atoms with Crippen LogP contribution < -0.4 is 5.32 Å². The van der Waals surface area contributed by atoms with E-state index in [1.54, 1.807) is 43.0 Å². The van der Waals surface area contributed by atoms with Crippen LogP contribution in [0, 0.1) is 0 Å². The topological polar surface area (TPSA) is 66.4 Å². The number of carboxylic acid groups (broad SMARTS) is 1. The number of hydrogen-bond donors (Lipinski definition) is 2. The van der Waals surface area contributed by atoms with E-state index >= 15 is 0 Å². The first kappa shape index (κ1) is 17.6. The van der Waals surface area contributed by atoms with Crippen molar-refractivity contribution in [2.45, 2.75) is 44.8 Å². The van der Waals surface area contributed by atoms with Crippen LogP contribution in [0.4, 0.5) is 5.69 Å². The first-order valence-corrected chi connectivity index (χ1v) is 8.25. The first-order chi connectivity index (χ1) is 9.95. The molecule has 0 aliphatic carbocycles. The van der Waals surface area contributed by atoms with Gasteiger partial charge in [0.25, 0.3) is 0 Å². The minimum Gasteiger partial charge on any atom is -0.481 e. The van der Waals surface area contributed by atoms with E-state index < -0.39 is 11.9 Å². The normalized spacial score (nSPS) is 13.5. The minimum atomic E-state index is -0.873. The Bertz CT molecular complexity index is 490. The van der Waals surface area contributed by atoms with Crippen molar-refractivity contribution >= 4 is 29.3 Å². The molecule has 2 unspecified atom stereocenters. The number of unbranched alkanes of at least 4 members (excludes halogenated alkanes) is 1. The van der Waals surface area contributed by atoms with Crippen LogP contribution in [0.25, 0.3) is 0 Å². The van der Waals surface area contributed by atoms with Crippen LogP contribution in [-0.2, 0) is 9.59 Å². The quantitative estimate of drug-likeness (QED) is 0.718. The number of carboxylic acids is 1. The van der Waals surface area contributed by atoms with Crippen molar-refractivity contribution in [1.82, 2.24) is 0 Å². The molecule has 0 heterocycles. The maximum absolute atomic E-state index is 12.1. The van der Waals surface area contributed by atoms with E-state index in [1.165, 1.54) is 0 Å². The molecule has 0 radical (unpaired) electrons. The van der Waals surface area contributed by atoms with Crippen LogP contribution in [0.15, 0.2) is 24.3 Å². The van der Waals surface area contributed by atoms with Crippen LogP contribution in [0.5, 0.6) is 0 Å². The van der Waals surface area contributed by atoms with Gasteiger partial charge in [-0.05, 0) is 43.7 Å². The van der Waals surface area contributed by atoms with E-state index in [9.17, 15) is 9.59 Å². The Labute approximate surface area is 130 Å². The van der Waals surface area contributed by atoms with Crippen LogP contribution in [0.1, 0.15) is 45.1 Å². The highest BCUT2D eigenvalue weighted by molar-refractivity contribution is 8.00. The molecule has 4 nitrogen and oxygen atoms in total. The molecule has 2 atom stereocenters. The largest absolute Gasteiger partial charge is 0.481 e. The van der Waals surface area contributed by atoms with Gasteiger partial charge < -0.3 is 10.4 Å². The van der Waals surface area contributed by atoms with E-state index in [0.29, 0.717) is 11.3 Å².